The van der Waals surface area contributed by atoms with Crippen molar-refractivity contribution in [2.75, 3.05) is 20.1 Å². The molecule has 1 N–H and O–H groups in total. The van der Waals surface area contributed by atoms with Gasteiger partial charge in [0.1, 0.15) is 0 Å². The zero-order valence-electron chi connectivity index (χ0n) is 11.8. The summed E-state index contributed by atoms with van der Waals surface area (Å²) in [7, 11) is 1.87. The third-order valence-electron chi connectivity index (χ3n) is 3.99. The zero-order chi connectivity index (χ0) is 13.7. The van der Waals surface area contributed by atoms with Crippen LogP contribution in [0.15, 0.2) is 10.9 Å². The first-order chi connectivity index (χ1) is 9.16. The third kappa shape index (κ3) is 4.28. The Bertz CT molecular complexity index is 387. The van der Waals surface area contributed by atoms with Crippen molar-refractivity contribution in [1.82, 2.24) is 15.2 Å². The minimum absolute atomic E-state index is 0.235. The van der Waals surface area contributed by atoms with Gasteiger partial charge in [-0.3, -0.25) is 4.79 Å². The summed E-state index contributed by atoms with van der Waals surface area (Å²) in [6.45, 7) is 5.03. The molecule has 1 amide bonds. The number of nitrogens with zero attached hydrogens (tertiary/aromatic N) is 2. The Morgan fingerprint density at radius 1 is 1.58 bits per heavy atom. The molecule has 2 heterocycles. The molecule has 1 aromatic rings. The second-order valence-electron chi connectivity index (χ2n) is 5.50. The van der Waals surface area contributed by atoms with Crippen molar-refractivity contribution >= 4 is 17.2 Å². The molecule has 19 heavy (non-hydrogen) atoms. The number of amides is 1. The summed E-state index contributed by atoms with van der Waals surface area (Å²) in [6, 6.07) is 0. The number of rotatable bonds is 5. The monoisotopic (exact) mass is 281 g/mol. The van der Waals surface area contributed by atoms with E-state index in [9.17, 15) is 4.79 Å². The van der Waals surface area contributed by atoms with Gasteiger partial charge in [0.15, 0.2) is 0 Å². The summed E-state index contributed by atoms with van der Waals surface area (Å²) in [5.74, 6) is 1.41. The number of hydrogen-bond donors (Lipinski definition) is 1. The molecule has 1 atom stereocenters. The summed E-state index contributed by atoms with van der Waals surface area (Å²) in [5.41, 5.74) is 2.79. The fourth-order valence-corrected chi connectivity index (χ4v) is 3.21. The minimum Gasteiger partial charge on any atom is -0.340 e. The Morgan fingerprint density at radius 3 is 2.95 bits per heavy atom. The van der Waals surface area contributed by atoms with Crippen molar-refractivity contribution in [1.29, 1.82) is 0 Å². The number of piperidine rings is 1. The van der Waals surface area contributed by atoms with Crippen molar-refractivity contribution in [3.05, 3.63) is 16.6 Å². The van der Waals surface area contributed by atoms with Crippen LogP contribution < -0.4 is 5.32 Å². The number of thiazole rings is 1. The van der Waals surface area contributed by atoms with Gasteiger partial charge < -0.3 is 10.2 Å². The quantitative estimate of drug-likeness (QED) is 0.899. The van der Waals surface area contributed by atoms with Gasteiger partial charge in [0.05, 0.1) is 17.7 Å². The SMILES string of the molecule is CC(CC(=O)N(C)Cc1cscn1)C1CCNCC1. The van der Waals surface area contributed by atoms with Gasteiger partial charge in [0, 0.05) is 18.8 Å². The number of nitrogens with one attached hydrogen (secondary N) is 1. The largest absolute Gasteiger partial charge is 0.340 e. The molecule has 0 spiro atoms. The highest BCUT2D eigenvalue weighted by molar-refractivity contribution is 7.07. The lowest BCUT2D eigenvalue weighted by atomic mass is 9.84. The first kappa shape index (κ1) is 14.5. The molecular weight excluding hydrogens is 258 g/mol. The van der Waals surface area contributed by atoms with E-state index in [-0.39, 0.29) is 5.91 Å². The molecule has 4 nitrogen and oxygen atoms in total. The normalized spacial score (nSPS) is 18.2. The van der Waals surface area contributed by atoms with Crippen molar-refractivity contribution in [3.8, 4) is 0 Å². The lowest BCUT2D eigenvalue weighted by Gasteiger charge is -2.29. The second kappa shape index (κ2) is 7.01. The van der Waals surface area contributed by atoms with Crippen LogP contribution in [-0.4, -0.2) is 35.9 Å². The topological polar surface area (TPSA) is 45.2 Å². The van der Waals surface area contributed by atoms with Gasteiger partial charge in [-0.05, 0) is 37.8 Å². The molecule has 1 aliphatic heterocycles. The Balaban J connectivity index is 1.79. The maximum atomic E-state index is 12.2. The number of aromatic nitrogens is 1. The van der Waals surface area contributed by atoms with E-state index in [1.54, 1.807) is 16.2 Å². The van der Waals surface area contributed by atoms with Gasteiger partial charge >= 0.3 is 0 Å². The number of carbonyl (C=O) groups is 1. The number of carbonyl (C=O) groups excluding carboxylic acids is 1. The van der Waals surface area contributed by atoms with Crippen molar-refractivity contribution in [3.63, 3.8) is 0 Å². The molecule has 2 rings (SSSR count). The summed E-state index contributed by atoms with van der Waals surface area (Å²) in [4.78, 5) is 18.2. The van der Waals surface area contributed by atoms with E-state index >= 15 is 0 Å². The van der Waals surface area contributed by atoms with Crippen LogP contribution in [0.2, 0.25) is 0 Å². The van der Waals surface area contributed by atoms with Crippen LogP contribution in [0.1, 0.15) is 31.9 Å². The molecule has 0 aromatic carbocycles. The van der Waals surface area contributed by atoms with Crippen LogP contribution in [0.4, 0.5) is 0 Å². The Hall–Kier alpha value is -0.940. The summed E-state index contributed by atoms with van der Waals surface area (Å²) in [5, 5.41) is 5.37. The maximum absolute atomic E-state index is 12.2. The lowest BCUT2D eigenvalue weighted by molar-refractivity contribution is -0.131. The third-order valence-corrected chi connectivity index (χ3v) is 4.63. The van der Waals surface area contributed by atoms with E-state index in [1.165, 1.54) is 12.8 Å². The smallest absolute Gasteiger partial charge is 0.222 e. The second-order valence-corrected chi connectivity index (χ2v) is 6.22. The Morgan fingerprint density at radius 2 is 2.32 bits per heavy atom. The van der Waals surface area contributed by atoms with Crippen molar-refractivity contribution in [2.24, 2.45) is 11.8 Å². The molecule has 1 fully saturated rings. The standard InChI is InChI=1S/C14H23N3OS/c1-11(12-3-5-15-6-4-12)7-14(18)17(2)8-13-9-19-10-16-13/h9-12,15H,3-8H2,1-2H3. The molecule has 1 unspecified atom stereocenters. The van der Waals surface area contributed by atoms with Crippen LogP contribution in [0, 0.1) is 11.8 Å². The van der Waals surface area contributed by atoms with Gasteiger partial charge in [-0.1, -0.05) is 6.92 Å². The average Bonchev–Trinajstić information content (AvgIpc) is 2.92. The molecule has 1 aliphatic rings. The van der Waals surface area contributed by atoms with Gasteiger partial charge in [-0.25, -0.2) is 4.98 Å². The molecule has 1 aromatic heterocycles. The molecule has 0 radical (unpaired) electrons. The Kier molecular flexibility index (Phi) is 5.34. The molecule has 5 heteroatoms. The van der Waals surface area contributed by atoms with E-state index in [4.69, 9.17) is 0 Å². The average molecular weight is 281 g/mol. The highest BCUT2D eigenvalue weighted by Crippen LogP contribution is 2.24. The van der Waals surface area contributed by atoms with Crippen LogP contribution in [0.3, 0.4) is 0 Å². The minimum atomic E-state index is 0.235. The van der Waals surface area contributed by atoms with Crippen molar-refractivity contribution in [2.45, 2.75) is 32.7 Å². The first-order valence-electron chi connectivity index (χ1n) is 6.98. The van der Waals surface area contributed by atoms with Crippen LogP contribution in [0.25, 0.3) is 0 Å². The van der Waals surface area contributed by atoms with Gasteiger partial charge in [-0.2, -0.15) is 0 Å². The predicted octanol–water partition coefficient (Wildman–Crippen LogP) is 2.13. The highest BCUT2D eigenvalue weighted by atomic mass is 32.1. The molecule has 0 bridgehead atoms. The first-order valence-corrected chi connectivity index (χ1v) is 7.93. The molecule has 1 saturated heterocycles. The molecule has 0 aliphatic carbocycles. The van der Waals surface area contributed by atoms with E-state index < -0.39 is 0 Å². The van der Waals surface area contributed by atoms with E-state index in [2.05, 4.69) is 17.2 Å². The lowest BCUT2D eigenvalue weighted by Crippen LogP contribution is -2.34. The van der Waals surface area contributed by atoms with Crippen LogP contribution >= 0.6 is 11.3 Å². The summed E-state index contributed by atoms with van der Waals surface area (Å²) >= 11 is 1.57. The molecular formula is C14H23N3OS. The maximum Gasteiger partial charge on any atom is 0.222 e. The summed E-state index contributed by atoms with van der Waals surface area (Å²) < 4.78 is 0. The fraction of sp³-hybridized carbons (Fsp3) is 0.714. The zero-order valence-corrected chi connectivity index (χ0v) is 12.6. The fourth-order valence-electron chi connectivity index (χ4n) is 2.66. The highest BCUT2D eigenvalue weighted by Gasteiger charge is 2.23. The van der Waals surface area contributed by atoms with E-state index in [0.29, 0.717) is 24.8 Å². The van der Waals surface area contributed by atoms with Crippen LogP contribution in [-0.2, 0) is 11.3 Å². The van der Waals surface area contributed by atoms with Gasteiger partial charge in [-0.15, -0.1) is 11.3 Å². The summed E-state index contributed by atoms with van der Waals surface area (Å²) in [6.07, 6.45) is 3.06. The number of hydrogen-bond acceptors (Lipinski definition) is 4. The van der Waals surface area contributed by atoms with Gasteiger partial charge in [0.2, 0.25) is 5.91 Å². The van der Waals surface area contributed by atoms with Crippen molar-refractivity contribution < 1.29 is 4.79 Å². The van der Waals surface area contributed by atoms with E-state index in [1.807, 2.05) is 17.9 Å². The van der Waals surface area contributed by atoms with Crippen LogP contribution in [0.5, 0.6) is 0 Å². The molecule has 0 saturated carbocycles. The predicted molar refractivity (Wildman–Crippen MR) is 78.0 cm³/mol. The molecule has 106 valence electrons. The van der Waals surface area contributed by atoms with E-state index in [0.717, 1.165) is 18.8 Å². The Labute approximate surface area is 119 Å². The van der Waals surface area contributed by atoms with Gasteiger partial charge in [0.25, 0.3) is 0 Å².